The lowest BCUT2D eigenvalue weighted by Gasteiger charge is -2.04. The smallest absolute Gasteiger partial charge is 0.124 e. The highest BCUT2D eigenvalue weighted by Gasteiger charge is 2.01. The third kappa shape index (κ3) is 3.55. The largest absolute Gasteiger partial charge is 0.398 e. The van der Waals surface area contributed by atoms with Crippen LogP contribution in [0.15, 0.2) is 23.1 Å². The number of nitrogens with two attached hydrogens (primary N) is 1. The monoisotopic (exact) mass is 215 g/mol. The molecule has 0 atom stereocenters. The fraction of sp³-hybridized carbons (Fsp3) is 0.400. The van der Waals surface area contributed by atoms with Crippen LogP contribution in [0.25, 0.3) is 0 Å². The number of anilines is 1. The number of hydrogen-bond donors (Lipinski definition) is 2. The number of hydrogen-bond acceptors (Lipinski definition) is 3. The van der Waals surface area contributed by atoms with Crippen molar-refractivity contribution in [3.05, 3.63) is 24.0 Å². The summed E-state index contributed by atoms with van der Waals surface area (Å²) in [5.41, 5.74) is 6.28. The molecule has 0 radical (unpaired) electrons. The molecule has 0 aliphatic carbocycles. The van der Waals surface area contributed by atoms with Gasteiger partial charge in [-0.1, -0.05) is 0 Å². The Morgan fingerprint density at radius 3 is 2.86 bits per heavy atom. The number of aliphatic hydroxyl groups excluding tert-OH is 1. The summed E-state index contributed by atoms with van der Waals surface area (Å²) in [6, 6.07) is 4.37. The maximum atomic E-state index is 12.8. The third-order valence-electron chi connectivity index (χ3n) is 1.79. The third-order valence-corrected chi connectivity index (χ3v) is 2.94. The molecule has 4 heteroatoms. The van der Waals surface area contributed by atoms with Gasteiger partial charge in [-0.05, 0) is 36.8 Å². The molecule has 78 valence electrons. The van der Waals surface area contributed by atoms with Crippen LogP contribution in [-0.4, -0.2) is 17.5 Å². The zero-order valence-electron chi connectivity index (χ0n) is 7.87. The number of halogens is 1. The number of unbranched alkanes of at least 4 members (excludes halogenated alkanes) is 1. The van der Waals surface area contributed by atoms with E-state index in [1.807, 2.05) is 0 Å². The van der Waals surface area contributed by atoms with Crippen LogP contribution >= 0.6 is 11.8 Å². The van der Waals surface area contributed by atoms with E-state index in [4.69, 9.17) is 10.8 Å². The van der Waals surface area contributed by atoms with Crippen LogP contribution in [0.4, 0.5) is 10.1 Å². The lowest BCUT2D eigenvalue weighted by Crippen LogP contribution is -1.91. The Kier molecular flexibility index (Phi) is 4.76. The highest BCUT2D eigenvalue weighted by Crippen LogP contribution is 2.26. The first-order valence-corrected chi connectivity index (χ1v) is 5.51. The van der Waals surface area contributed by atoms with E-state index in [1.165, 1.54) is 23.9 Å². The zero-order chi connectivity index (χ0) is 10.4. The topological polar surface area (TPSA) is 46.2 Å². The van der Waals surface area contributed by atoms with Crippen LogP contribution in [0, 0.1) is 5.82 Å². The van der Waals surface area contributed by atoms with E-state index in [9.17, 15) is 4.39 Å². The van der Waals surface area contributed by atoms with Gasteiger partial charge in [0.1, 0.15) is 5.82 Å². The second-order valence-corrected chi connectivity index (χ2v) is 4.10. The number of benzene rings is 1. The van der Waals surface area contributed by atoms with Crippen molar-refractivity contribution in [1.29, 1.82) is 0 Å². The highest BCUT2D eigenvalue weighted by molar-refractivity contribution is 7.99. The van der Waals surface area contributed by atoms with Crippen LogP contribution in [-0.2, 0) is 0 Å². The van der Waals surface area contributed by atoms with Gasteiger partial charge in [0.15, 0.2) is 0 Å². The first-order valence-electron chi connectivity index (χ1n) is 4.52. The second kappa shape index (κ2) is 5.88. The molecule has 0 aliphatic rings. The van der Waals surface area contributed by atoms with E-state index >= 15 is 0 Å². The molecule has 0 amide bonds. The van der Waals surface area contributed by atoms with E-state index < -0.39 is 0 Å². The Morgan fingerprint density at radius 2 is 2.14 bits per heavy atom. The standard InChI is InChI=1S/C10H14FNOS/c11-8-3-4-9(12)10(7-8)14-6-2-1-5-13/h3-4,7,13H,1-2,5-6,12H2. The van der Waals surface area contributed by atoms with Gasteiger partial charge in [-0.15, -0.1) is 11.8 Å². The number of aliphatic hydroxyl groups is 1. The molecule has 0 unspecified atom stereocenters. The molecule has 0 fully saturated rings. The molecule has 0 saturated heterocycles. The van der Waals surface area contributed by atoms with E-state index in [-0.39, 0.29) is 12.4 Å². The Hall–Kier alpha value is -0.740. The van der Waals surface area contributed by atoms with Crippen LogP contribution in [0.3, 0.4) is 0 Å². The number of thioether (sulfide) groups is 1. The second-order valence-electron chi connectivity index (χ2n) is 2.96. The van der Waals surface area contributed by atoms with Gasteiger partial charge < -0.3 is 10.8 Å². The van der Waals surface area contributed by atoms with E-state index in [1.54, 1.807) is 6.07 Å². The van der Waals surface area contributed by atoms with Crippen molar-refractivity contribution in [2.75, 3.05) is 18.1 Å². The summed E-state index contributed by atoms with van der Waals surface area (Å²) in [5.74, 6) is 0.595. The Labute approximate surface area is 87.3 Å². The van der Waals surface area contributed by atoms with E-state index in [2.05, 4.69) is 0 Å². The molecule has 1 aromatic carbocycles. The molecular formula is C10H14FNOS. The summed E-state index contributed by atoms with van der Waals surface area (Å²) in [6.07, 6.45) is 1.69. The molecule has 0 aromatic heterocycles. The molecule has 14 heavy (non-hydrogen) atoms. The Morgan fingerprint density at radius 1 is 1.36 bits per heavy atom. The van der Waals surface area contributed by atoms with Crippen LogP contribution in [0.5, 0.6) is 0 Å². The quantitative estimate of drug-likeness (QED) is 0.450. The van der Waals surface area contributed by atoms with Crippen molar-refractivity contribution >= 4 is 17.4 Å². The summed E-state index contributed by atoms with van der Waals surface area (Å²) >= 11 is 1.53. The minimum absolute atomic E-state index is 0.208. The van der Waals surface area contributed by atoms with Gasteiger partial charge in [0, 0.05) is 17.2 Å². The Balaban J connectivity index is 2.45. The van der Waals surface area contributed by atoms with Gasteiger partial charge in [0.2, 0.25) is 0 Å². The molecular weight excluding hydrogens is 201 g/mol. The maximum absolute atomic E-state index is 12.8. The first-order chi connectivity index (χ1) is 6.74. The van der Waals surface area contributed by atoms with Crippen molar-refractivity contribution in [2.45, 2.75) is 17.7 Å². The fourth-order valence-corrected chi connectivity index (χ4v) is 2.03. The predicted molar refractivity (Wildman–Crippen MR) is 57.9 cm³/mol. The lowest BCUT2D eigenvalue weighted by atomic mass is 10.3. The van der Waals surface area contributed by atoms with Crippen LogP contribution in [0.2, 0.25) is 0 Å². The predicted octanol–water partition coefficient (Wildman–Crippen LogP) is 2.27. The van der Waals surface area contributed by atoms with Crippen molar-refractivity contribution < 1.29 is 9.50 Å². The van der Waals surface area contributed by atoms with Gasteiger partial charge in [0.25, 0.3) is 0 Å². The lowest BCUT2D eigenvalue weighted by molar-refractivity contribution is 0.287. The summed E-state index contributed by atoms with van der Waals surface area (Å²) in [5, 5.41) is 8.57. The van der Waals surface area contributed by atoms with Crippen molar-refractivity contribution in [3.8, 4) is 0 Å². The average Bonchev–Trinajstić information content (AvgIpc) is 2.18. The summed E-state index contributed by atoms with van der Waals surface area (Å²) in [7, 11) is 0. The Bertz CT molecular complexity index is 293. The molecule has 0 saturated carbocycles. The van der Waals surface area contributed by atoms with Crippen LogP contribution in [0.1, 0.15) is 12.8 Å². The van der Waals surface area contributed by atoms with Crippen molar-refractivity contribution in [3.63, 3.8) is 0 Å². The molecule has 0 aliphatic heterocycles. The fourth-order valence-electron chi connectivity index (χ4n) is 1.03. The summed E-state index contributed by atoms with van der Waals surface area (Å²) in [6.45, 7) is 0.208. The van der Waals surface area contributed by atoms with Crippen molar-refractivity contribution in [1.82, 2.24) is 0 Å². The summed E-state index contributed by atoms with van der Waals surface area (Å²) in [4.78, 5) is 0.780. The average molecular weight is 215 g/mol. The molecule has 0 heterocycles. The highest BCUT2D eigenvalue weighted by atomic mass is 32.2. The molecule has 2 nitrogen and oxygen atoms in total. The SMILES string of the molecule is Nc1ccc(F)cc1SCCCCO. The molecule has 0 bridgehead atoms. The molecule has 1 aromatic rings. The zero-order valence-corrected chi connectivity index (χ0v) is 8.69. The first kappa shape index (κ1) is 11.3. The molecule has 1 rings (SSSR count). The van der Waals surface area contributed by atoms with Gasteiger partial charge >= 0.3 is 0 Å². The van der Waals surface area contributed by atoms with Crippen molar-refractivity contribution in [2.24, 2.45) is 0 Å². The minimum Gasteiger partial charge on any atom is -0.398 e. The van der Waals surface area contributed by atoms with Gasteiger partial charge in [-0.2, -0.15) is 0 Å². The van der Waals surface area contributed by atoms with Gasteiger partial charge in [-0.25, -0.2) is 4.39 Å². The maximum Gasteiger partial charge on any atom is 0.124 e. The van der Waals surface area contributed by atoms with Gasteiger partial charge in [-0.3, -0.25) is 0 Å². The minimum atomic E-state index is -0.260. The van der Waals surface area contributed by atoms with Gasteiger partial charge in [0.05, 0.1) is 0 Å². The summed E-state index contributed by atoms with van der Waals surface area (Å²) < 4.78 is 12.8. The number of rotatable bonds is 5. The molecule has 3 N–H and O–H groups in total. The number of nitrogen functional groups attached to an aromatic ring is 1. The van der Waals surface area contributed by atoms with Crippen LogP contribution < -0.4 is 5.73 Å². The normalized spacial score (nSPS) is 10.4. The molecule has 0 spiro atoms. The van der Waals surface area contributed by atoms with E-state index in [0.29, 0.717) is 5.69 Å². The van der Waals surface area contributed by atoms with E-state index in [0.717, 1.165) is 23.5 Å².